The van der Waals surface area contributed by atoms with Gasteiger partial charge in [-0.1, -0.05) is 146 Å². The van der Waals surface area contributed by atoms with Crippen molar-refractivity contribution in [3.8, 4) is 51.3 Å². The number of nitriles is 1. The third kappa shape index (κ3) is 6.96. The maximum absolute atomic E-state index is 15.0. The lowest BCUT2D eigenvalue weighted by Crippen LogP contribution is -2.12. The van der Waals surface area contributed by atoms with Crippen molar-refractivity contribution in [3.63, 3.8) is 0 Å². The average Bonchev–Trinajstić information content (AvgIpc) is 4.26. The van der Waals surface area contributed by atoms with E-state index in [2.05, 4.69) is 63.7 Å². The monoisotopic (exact) mass is 1050 g/mol. The Hall–Kier alpha value is -10.4. The third-order valence-corrected chi connectivity index (χ3v) is 15.7. The summed E-state index contributed by atoms with van der Waals surface area (Å²) in [6.45, 7) is 0. The van der Waals surface area contributed by atoms with E-state index in [1.54, 1.807) is 45.5 Å². The van der Waals surface area contributed by atoms with Crippen molar-refractivity contribution in [1.82, 2.24) is 23.3 Å². The summed E-state index contributed by atoms with van der Waals surface area (Å²) < 4.78 is 97.4. The molecule has 12 heteroatoms. The van der Waals surface area contributed by atoms with Gasteiger partial charge in [0, 0.05) is 65.6 Å². The highest BCUT2D eigenvalue weighted by molar-refractivity contribution is 6.14. The zero-order valence-electron chi connectivity index (χ0n) is 41.9. The Morgan fingerprint density at radius 1 is 0.312 bits per heavy atom. The van der Waals surface area contributed by atoms with Crippen molar-refractivity contribution in [2.75, 3.05) is 0 Å². The molecule has 0 amide bonds. The van der Waals surface area contributed by atoms with E-state index < -0.39 is 23.5 Å². The van der Waals surface area contributed by atoms with Gasteiger partial charge in [0.1, 0.15) is 11.6 Å². The average molecular weight is 1050 g/mol. The molecule has 0 aliphatic heterocycles. The Morgan fingerprint density at radius 3 is 0.875 bits per heavy atom. The normalized spacial score (nSPS) is 12.4. The molecular weight excluding hydrogens is 1010 g/mol. The molecule has 80 heavy (non-hydrogen) atoms. The fraction of sp³-hybridized carbons (Fsp3) is 0.0294. The molecule has 0 saturated heterocycles. The third-order valence-electron chi connectivity index (χ3n) is 15.7. The molecule has 0 bridgehead atoms. The highest BCUT2D eigenvalue weighted by atomic mass is 19.4. The summed E-state index contributed by atoms with van der Waals surface area (Å²) in [7, 11) is 0. The van der Waals surface area contributed by atoms with Crippen LogP contribution in [0.15, 0.2) is 231 Å². The predicted molar refractivity (Wildman–Crippen MR) is 307 cm³/mol. The van der Waals surface area contributed by atoms with Gasteiger partial charge in [-0.15, -0.1) is 0 Å². The number of benzene rings is 10. The quantitative estimate of drug-likeness (QED) is 0.156. The van der Waals surface area contributed by atoms with Crippen LogP contribution < -0.4 is 0 Å². The molecule has 5 heterocycles. The van der Waals surface area contributed by atoms with Crippen LogP contribution in [0.2, 0.25) is 0 Å². The number of pyridine rings is 1. The number of hydrogen-bond donors (Lipinski definition) is 0. The molecule has 0 spiro atoms. The van der Waals surface area contributed by atoms with Crippen LogP contribution in [0.5, 0.6) is 0 Å². The van der Waals surface area contributed by atoms with Crippen molar-refractivity contribution in [2.45, 2.75) is 12.4 Å². The molecule has 5 aromatic heterocycles. The van der Waals surface area contributed by atoms with Crippen LogP contribution in [0, 0.1) is 11.3 Å². The first kappa shape index (κ1) is 46.9. The standard InChI is InChI=1S/C68H38F6N6/c69-67(70,71)42-29-35-52-50-17-5-11-23-59(50)79(61(52)37-42)65-54(39-75)66(80-60-24-12-6-18-51(60)53-36-30-43(38-62(53)80)68(72,73)74)64(41-27-33-45(34-28-41)78-57-21-9-3-15-48(57)49-16-4-10-22-58(49)78)76-63(65)40-25-31-44(32-26-40)77-55-19-7-1-13-46(55)47-14-2-8-20-56(47)77/h1-38H. The molecule has 0 N–H and O–H groups in total. The molecule has 382 valence electrons. The molecule has 0 unspecified atom stereocenters. The smallest absolute Gasteiger partial charge is 0.309 e. The van der Waals surface area contributed by atoms with Gasteiger partial charge >= 0.3 is 12.4 Å². The van der Waals surface area contributed by atoms with Gasteiger partial charge in [-0.2, -0.15) is 31.6 Å². The van der Waals surface area contributed by atoms with Gasteiger partial charge in [-0.3, -0.25) is 0 Å². The summed E-state index contributed by atoms with van der Waals surface area (Å²) >= 11 is 0. The van der Waals surface area contributed by atoms with Gasteiger partial charge in [-0.25, -0.2) is 4.98 Å². The van der Waals surface area contributed by atoms with E-state index in [0.717, 1.165) is 79.3 Å². The maximum Gasteiger partial charge on any atom is 0.416 e. The van der Waals surface area contributed by atoms with Crippen LogP contribution in [-0.4, -0.2) is 23.3 Å². The first-order valence-electron chi connectivity index (χ1n) is 25.8. The number of nitrogens with zero attached hydrogens (tertiary/aromatic N) is 6. The molecule has 10 aromatic carbocycles. The lowest BCUT2D eigenvalue weighted by molar-refractivity contribution is -0.138. The van der Waals surface area contributed by atoms with E-state index in [1.165, 1.54) is 12.1 Å². The second kappa shape index (κ2) is 17.3. The van der Waals surface area contributed by atoms with Crippen molar-refractivity contribution in [2.24, 2.45) is 0 Å². The van der Waals surface area contributed by atoms with Gasteiger partial charge in [0.2, 0.25) is 0 Å². The Morgan fingerprint density at radius 2 is 0.588 bits per heavy atom. The van der Waals surface area contributed by atoms with Crippen molar-refractivity contribution >= 4 is 87.2 Å². The van der Waals surface area contributed by atoms with Crippen LogP contribution in [0.1, 0.15) is 16.7 Å². The number of para-hydroxylation sites is 6. The second-order valence-electron chi connectivity index (χ2n) is 20.0. The first-order valence-corrected chi connectivity index (χ1v) is 25.8. The van der Waals surface area contributed by atoms with Gasteiger partial charge in [0.05, 0.1) is 78.0 Å². The van der Waals surface area contributed by atoms with Crippen LogP contribution in [0.3, 0.4) is 0 Å². The molecular formula is C68H38F6N6. The number of halogens is 6. The Kier molecular flexibility index (Phi) is 10.1. The largest absolute Gasteiger partial charge is 0.416 e. The van der Waals surface area contributed by atoms with E-state index in [1.807, 2.05) is 109 Å². The first-order chi connectivity index (χ1) is 38.9. The minimum absolute atomic E-state index is 0.0388. The van der Waals surface area contributed by atoms with Crippen molar-refractivity contribution in [1.29, 1.82) is 5.26 Å². The topological polar surface area (TPSA) is 56.4 Å². The molecule has 0 radical (unpaired) electrons. The molecule has 15 aromatic rings. The van der Waals surface area contributed by atoms with Gasteiger partial charge in [0.15, 0.2) is 0 Å². The predicted octanol–water partition coefficient (Wildman–Crippen LogP) is 18.7. The molecule has 0 atom stereocenters. The number of aromatic nitrogens is 5. The Bertz CT molecular complexity index is 4690. The summed E-state index contributed by atoms with van der Waals surface area (Å²) in [5.41, 5.74) is 6.82. The number of alkyl halides is 6. The fourth-order valence-corrected chi connectivity index (χ4v) is 12.2. The minimum Gasteiger partial charge on any atom is -0.309 e. The van der Waals surface area contributed by atoms with Crippen LogP contribution in [-0.2, 0) is 12.4 Å². The number of fused-ring (bicyclic) bond motifs is 12. The minimum atomic E-state index is -4.74. The zero-order chi connectivity index (χ0) is 54.2. The molecule has 6 nitrogen and oxygen atoms in total. The highest BCUT2D eigenvalue weighted by Gasteiger charge is 2.35. The van der Waals surface area contributed by atoms with E-state index in [4.69, 9.17) is 4.98 Å². The van der Waals surface area contributed by atoms with E-state index >= 15 is 0 Å². The summed E-state index contributed by atoms with van der Waals surface area (Å²) in [5.74, 6) is 0. The van der Waals surface area contributed by atoms with Crippen LogP contribution in [0.25, 0.3) is 132 Å². The van der Waals surface area contributed by atoms with Gasteiger partial charge in [0.25, 0.3) is 0 Å². The number of hydrogen-bond acceptors (Lipinski definition) is 2. The Balaban J connectivity index is 1.08. The zero-order valence-corrected chi connectivity index (χ0v) is 41.9. The summed E-state index contributed by atoms with van der Waals surface area (Å²) in [6, 6.07) is 72.0. The molecule has 0 fully saturated rings. The van der Waals surface area contributed by atoms with Crippen LogP contribution in [0.4, 0.5) is 26.3 Å². The van der Waals surface area contributed by atoms with Crippen molar-refractivity contribution < 1.29 is 26.3 Å². The highest BCUT2D eigenvalue weighted by Crippen LogP contribution is 2.47. The molecule has 0 aliphatic rings. The van der Waals surface area contributed by atoms with E-state index in [0.29, 0.717) is 43.7 Å². The maximum atomic E-state index is 15.0. The summed E-state index contributed by atoms with van der Waals surface area (Å²) in [6.07, 6.45) is -9.48. The molecule has 15 rings (SSSR count). The Labute approximate surface area is 451 Å². The lowest BCUT2D eigenvalue weighted by atomic mass is 9.98. The van der Waals surface area contributed by atoms with E-state index in [-0.39, 0.29) is 39.4 Å². The summed E-state index contributed by atoms with van der Waals surface area (Å²) in [4.78, 5) is 5.64. The van der Waals surface area contributed by atoms with Gasteiger partial charge in [-0.05, 0) is 84.9 Å². The molecule has 0 saturated carbocycles. The van der Waals surface area contributed by atoms with Crippen molar-refractivity contribution in [3.05, 3.63) is 247 Å². The molecule has 0 aliphatic carbocycles. The fourth-order valence-electron chi connectivity index (χ4n) is 12.2. The summed E-state index contributed by atoms with van der Waals surface area (Å²) in [5, 5.41) is 18.6. The lowest BCUT2D eigenvalue weighted by Gasteiger charge is -2.23. The number of rotatable bonds is 6. The van der Waals surface area contributed by atoms with Crippen LogP contribution >= 0.6 is 0 Å². The SMILES string of the molecule is N#Cc1c(-n2c3ccccc3c3ccc(C(F)(F)F)cc32)c(-c2ccc(-n3c4ccccc4c4ccccc43)cc2)nc(-c2ccc(-n3c4ccccc4c4ccccc43)cc2)c1-n1c2ccccc2c2ccc(C(F)(F)F)cc21. The van der Waals surface area contributed by atoms with E-state index in [9.17, 15) is 31.6 Å². The second-order valence-corrected chi connectivity index (χ2v) is 20.0. The van der Waals surface area contributed by atoms with Gasteiger partial charge < -0.3 is 18.3 Å².